The first-order chi connectivity index (χ1) is 11.2. The van der Waals surface area contributed by atoms with Gasteiger partial charge in [0, 0.05) is 50.7 Å². The summed E-state index contributed by atoms with van der Waals surface area (Å²) >= 11 is 0. The van der Waals surface area contributed by atoms with Crippen LogP contribution < -0.4 is 10.2 Å². The third-order valence-electron chi connectivity index (χ3n) is 3.79. The molecule has 120 valence electrons. The van der Waals surface area contributed by atoms with Gasteiger partial charge in [0.05, 0.1) is 0 Å². The van der Waals surface area contributed by atoms with Crippen molar-refractivity contribution in [2.75, 3.05) is 31.1 Å². The average molecular weight is 315 g/mol. The highest BCUT2D eigenvalue weighted by atomic mass is 19.1. The first-order valence-electron chi connectivity index (χ1n) is 7.52. The number of urea groups is 1. The molecule has 0 spiro atoms. The molecule has 1 fully saturated rings. The van der Waals surface area contributed by atoms with Crippen LogP contribution in [0.3, 0.4) is 0 Å². The molecule has 0 aliphatic carbocycles. The zero-order valence-electron chi connectivity index (χ0n) is 12.7. The van der Waals surface area contributed by atoms with E-state index in [0.717, 1.165) is 0 Å². The fourth-order valence-electron chi connectivity index (χ4n) is 2.49. The molecule has 7 heteroatoms. The number of rotatable bonds is 3. The summed E-state index contributed by atoms with van der Waals surface area (Å²) in [5.41, 5.74) is 0.483. The maximum Gasteiger partial charge on any atom is 0.317 e. The van der Waals surface area contributed by atoms with Gasteiger partial charge in [-0.15, -0.1) is 0 Å². The van der Waals surface area contributed by atoms with Crippen LogP contribution in [0.25, 0.3) is 0 Å². The Kier molecular flexibility index (Phi) is 4.65. The van der Waals surface area contributed by atoms with Crippen molar-refractivity contribution < 1.29 is 9.18 Å². The van der Waals surface area contributed by atoms with E-state index < -0.39 is 0 Å². The topological polar surface area (TPSA) is 61.4 Å². The number of nitrogens with zero attached hydrogens (tertiary/aromatic N) is 4. The Labute approximate surface area is 134 Å². The Hall–Kier alpha value is -2.70. The second kappa shape index (κ2) is 7.04. The lowest BCUT2D eigenvalue weighted by atomic mass is 10.2. The molecule has 2 amide bonds. The molecule has 0 radical (unpaired) electrons. The second-order valence-corrected chi connectivity index (χ2v) is 5.27. The van der Waals surface area contributed by atoms with Gasteiger partial charge in [0.1, 0.15) is 5.82 Å². The zero-order valence-corrected chi connectivity index (χ0v) is 12.7. The molecule has 0 atom stereocenters. The van der Waals surface area contributed by atoms with E-state index in [-0.39, 0.29) is 18.4 Å². The molecule has 2 heterocycles. The smallest absolute Gasteiger partial charge is 0.317 e. The number of hydrogen-bond acceptors (Lipinski definition) is 4. The SMILES string of the molecule is O=C(NCc1ccccc1F)N1CCN(c2ncccn2)CC1. The van der Waals surface area contributed by atoms with E-state index in [1.807, 2.05) is 4.90 Å². The second-order valence-electron chi connectivity index (χ2n) is 5.27. The van der Waals surface area contributed by atoms with Gasteiger partial charge in [0.25, 0.3) is 0 Å². The number of carbonyl (C=O) groups excluding carboxylic acids is 1. The van der Waals surface area contributed by atoms with Crippen molar-refractivity contribution in [1.29, 1.82) is 0 Å². The Morgan fingerprint density at radius 2 is 1.78 bits per heavy atom. The zero-order chi connectivity index (χ0) is 16.1. The Bertz CT molecular complexity index is 659. The Morgan fingerprint density at radius 1 is 1.09 bits per heavy atom. The Balaban J connectivity index is 1.50. The van der Waals surface area contributed by atoms with Crippen molar-refractivity contribution in [2.45, 2.75) is 6.54 Å². The lowest BCUT2D eigenvalue weighted by Gasteiger charge is -2.34. The molecule has 3 rings (SSSR count). The summed E-state index contributed by atoms with van der Waals surface area (Å²) in [5, 5.41) is 2.76. The molecule has 0 bridgehead atoms. The van der Waals surface area contributed by atoms with Crippen molar-refractivity contribution in [3.05, 3.63) is 54.1 Å². The van der Waals surface area contributed by atoms with Gasteiger partial charge in [-0.3, -0.25) is 0 Å². The molecule has 1 saturated heterocycles. The van der Waals surface area contributed by atoms with E-state index in [1.165, 1.54) is 6.07 Å². The minimum atomic E-state index is -0.307. The maximum absolute atomic E-state index is 13.5. The van der Waals surface area contributed by atoms with Gasteiger partial charge >= 0.3 is 6.03 Å². The van der Waals surface area contributed by atoms with E-state index in [9.17, 15) is 9.18 Å². The minimum absolute atomic E-state index is 0.179. The highest BCUT2D eigenvalue weighted by Gasteiger charge is 2.22. The van der Waals surface area contributed by atoms with Gasteiger partial charge in [0.15, 0.2) is 0 Å². The van der Waals surface area contributed by atoms with Crippen LogP contribution in [-0.2, 0) is 6.54 Å². The van der Waals surface area contributed by atoms with Crippen molar-refractivity contribution in [3.63, 3.8) is 0 Å². The number of aromatic nitrogens is 2. The fourth-order valence-corrected chi connectivity index (χ4v) is 2.49. The van der Waals surface area contributed by atoms with Crippen LogP contribution in [-0.4, -0.2) is 47.1 Å². The number of benzene rings is 1. The predicted octanol–water partition coefficient (Wildman–Crippen LogP) is 1.65. The molecule has 1 N–H and O–H groups in total. The third kappa shape index (κ3) is 3.74. The van der Waals surface area contributed by atoms with Crippen LogP contribution in [0, 0.1) is 5.82 Å². The summed E-state index contributed by atoms with van der Waals surface area (Å²) in [7, 11) is 0. The van der Waals surface area contributed by atoms with E-state index in [1.54, 1.807) is 41.6 Å². The summed E-state index contributed by atoms with van der Waals surface area (Å²) < 4.78 is 13.5. The molecule has 23 heavy (non-hydrogen) atoms. The molecule has 0 saturated carbocycles. The quantitative estimate of drug-likeness (QED) is 0.935. The molecule has 6 nitrogen and oxygen atoms in total. The van der Waals surface area contributed by atoms with Crippen molar-refractivity contribution in [3.8, 4) is 0 Å². The number of piperazine rings is 1. The molecular formula is C16H18FN5O. The van der Waals surface area contributed by atoms with E-state index in [4.69, 9.17) is 0 Å². The average Bonchev–Trinajstić information content (AvgIpc) is 2.62. The van der Waals surface area contributed by atoms with E-state index in [0.29, 0.717) is 37.7 Å². The predicted molar refractivity (Wildman–Crippen MR) is 84.5 cm³/mol. The minimum Gasteiger partial charge on any atom is -0.337 e. The number of hydrogen-bond donors (Lipinski definition) is 1. The first-order valence-corrected chi connectivity index (χ1v) is 7.52. The molecule has 2 aromatic rings. The fraction of sp³-hybridized carbons (Fsp3) is 0.312. The number of carbonyl (C=O) groups is 1. The van der Waals surface area contributed by atoms with Crippen LogP contribution in [0.1, 0.15) is 5.56 Å². The molecule has 1 aliphatic rings. The highest BCUT2D eigenvalue weighted by molar-refractivity contribution is 5.74. The Morgan fingerprint density at radius 3 is 2.48 bits per heavy atom. The molecule has 1 aromatic heterocycles. The standard InChI is InChI=1S/C16H18FN5O/c17-14-5-2-1-4-13(14)12-20-16(23)22-10-8-21(9-11-22)15-18-6-3-7-19-15/h1-7H,8-12H2,(H,20,23). The summed E-state index contributed by atoms with van der Waals surface area (Å²) in [6.07, 6.45) is 3.41. The van der Waals surface area contributed by atoms with Gasteiger partial charge in [-0.25, -0.2) is 19.2 Å². The highest BCUT2D eigenvalue weighted by Crippen LogP contribution is 2.10. The van der Waals surface area contributed by atoms with E-state index >= 15 is 0 Å². The van der Waals surface area contributed by atoms with Gasteiger partial charge in [-0.1, -0.05) is 18.2 Å². The third-order valence-corrected chi connectivity index (χ3v) is 3.79. The van der Waals surface area contributed by atoms with Crippen molar-refractivity contribution >= 4 is 12.0 Å². The number of halogens is 1. The maximum atomic E-state index is 13.5. The normalized spacial score (nSPS) is 14.7. The van der Waals surface area contributed by atoms with Crippen LogP contribution in [0.4, 0.5) is 15.1 Å². The van der Waals surface area contributed by atoms with Gasteiger partial charge in [-0.2, -0.15) is 0 Å². The number of amides is 2. The van der Waals surface area contributed by atoms with E-state index in [2.05, 4.69) is 15.3 Å². The lowest BCUT2D eigenvalue weighted by molar-refractivity contribution is 0.193. The number of nitrogens with one attached hydrogen (secondary N) is 1. The van der Waals surface area contributed by atoms with Crippen molar-refractivity contribution in [2.24, 2.45) is 0 Å². The summed E-state index contributed by atoms with van der Waals surface area (Å²) in [4.78, 5) is 24.4. The number of anilines is 1. The summed E-state index contributed by atoms with van der Waals surface area (Å²) in [6.45, 7) is 2.71. The molecule has 1 aromatic carbocycles. The van der Waals surface area contributed by atoms with Crippen LogP contribution in [0.15, 0.2) is 42.7 Å². The summed E-state index contributed by atoms with van der Waals surface area (Å²) in [6, 6.07) is 8.03. The van der Waals surface area contributed by atoms with Crippen LogP contribution in [0.5, 0.6) is 0 Å². The largest absolute Gasteiger partial charge is 0.337 e. The van der Waals surface area contributed by atoms with Gasteiger partial charge < -0.3 is 15.1 Å². The van der Waals surface area contributed by atoms with Gasteiger partial charge in [-0.05, 0) is 12.1 Å². The van der Waals surface area contributed by atoms with Crippen molar-refractivity contribution in [1.82, 2.24) is 20.2 Å². The first kappa shape index (κ1) is 15.2. The van der Waals surface area contributed by atoms with Gasteiger partial charge in [0.2, 0.25) is 5.95 Å². The summed E-state index contributed by atoms with van der Waals surface area (Å²) in [5.74, 6) is 0.373. The van der Waals surface area contributed by atoms with Crippen LogP contribution >= 0.6 is 0 Å². The monoisotopic (exact) mass is 315 g/mol. The molecule has 1 aliphatic heterocycles. The molecular weight excluding hydrogens is 297 g/mol. The lowest BCUT2D eigenvalue weighted by Crippen LogP contribution is -2.52. The molecule has 0 unspecified atom stereocenters. The van der Waals surface area contributed by atoms with Crippen LogP contribution in [0.2, 0.25) is 0 Å².